The lowest BCUT2D eigenvalue weighted by Gasteiger charge is -2.31. The van der Waals surface area contributed by atoms with E-state index in [1.807, 2.05) is 79.7 Å². The highest BCUT2D eigenvalue weighted by atomic mass is 16.6. The van der Waals surface area contributed by atoms with Crippen LogP contribution in [0.2, 0.25) is 0 Å². The number of hydrogen-bond acceptors (Lipinski definition) is 4. The summed E-state index contributed by atoms with van der Waals surface area (Å²) in [7, 11) is 0. The number of benzene rings is 3. The molecule has 0 unspecified atom stereocenters. The van der Waals surface area contributed by atoms with Gasteiger partial charge in [0.15, 0.2) is 6.10 Å². The van der Waals surface area contributed by atoms with E-state index in [9.17, 15) is 4.79 Å². The minimum absolute atomic E-state index is 0.0258. The van der Waals surface area contributed by atoms with Crippen LogP contribution in [0.25, 0.3) is 0 Å². The van der Waals surface area contributed by atoms with Gasteiger partial charge >= 0.3 is 0 Å². The number of epoxide rings is 1. The molecule has 2 aliphatic heterocycles. The number of Topliss-reactive ketones (excluding diaryl/α,β-unsaturated/α-hetero) is 1. The van der Waals surface area contributed by atoms with Gasteiger partial charge in [0.25, 0.3) is 0 Å². The number of fused-ring (bicyclic) bond motifs is 1. The number of hydrogen-bond donors (Lipinski definition) is 0. The van der Waals surface area contributed by atoms with Crippen LogP contribution >= 0.6 is 0 Å². The van der Waals surface area contributed by atoms with Crippen molar-refractivity contribution in [2.24, 2.45) is 0 Å². The van der Waals surface area contributed by atoms with Crippen LogP contribution in [0.3, 0.4) is 0 Å². The van der Waals surface area contributed by atoms with Gasteiger partial charge in [0.05, 0.1) is 12.2 Å². The van der Waals surface area contributed by atoms with Gasteiger partial charge in [0.2, 0.25) is 11.4 Å². The maximum atomic E-state index is 13.5. The lowest BCUT2D eigenvalue weighted by Crippen LogP contribution is -2.40. The highest BCUT2D eigenvalue weighted by molar-refractivity contribution is 6.08. The van der Waals surface area contributed by atoms with Crippen LogP contribution in [0.4, 0.5) is 0 Å². The Morgan fingerprint density at radius 3 is 2.29 bits per heavy atom. The summed E-state index contributed by atoms with van der Waals surface area (Å²) in [5, 5.41) is 0. The first-order valence-electron chi connectivity index (χ1n) is 9.50. The first-order chi connectivity index (χ1) is 13.7. The van der Waals surface area contributed by atoms with Crippen molar-refractivity contribution in [3.63, 3.8) is 0 Å². The normalized spacial score (nSPS) is 25.1. The molecule has 5 rings (SSSR count). The average Bonchev–Trinajstić information content (AvgIpc) is 3.48. The molecule has 4 heteroatoms. The molecule has 0 aromatic heterocycles. The van der Waals surface area contributed by atoms with Gasteiger partial charge in [-0.25, -0.2) is 0 Å². The zero-order chi connectivity index (χ0) is 19.1. The molecular formula is C24H20O4. The number of rotatable bonds is 4. The molecule has 0 saturated carbocycles. The Kier molecular flexibility index (Phi) is 3.95. The van der Waals surface area contributed by atoms with E-state index < -0.39 is 11.7 Å². The highest BCUT2D eigenvalue weighted by Gasteiger charge is 2.71. The molecule has 3 aromatic carbocycles. The smallest absolute Gasteiger partial charge is 0.205 e. The molecule has 0 N–H and O–H groups in total. The van der Waals surface area contributed by atoms with E-state index in [1.165, 1.54) is 0 Å². The third-order valence-electron chi connectivity index (χ3n) is 5.36. The summed E-state index contributed by atoms with van der Waals surface area (Å²) in [6, 6.07) is 24.9. The molecule has 2 heterocycles. The van der Waals surface area contributed by atoms with Crippen molar-refractivity contribution in [3.8, 4) is 11.5 Å². The standard InChI is InChI=1S/C24H20O4/c1-2-26-18-14-12-17(13-15-18)23-24(28-23)21(25)19-10-6-7-11-20(19)27-22(24)16-8-4-3-5-9-16/h3-15,22-23H,2H2,1H3/t22-,23-,24+/m0/s1. The van der Waals surface area contributed by atoms with Crippen LogP contribution in [-0.4, -0.2) is 18.0 Å². The molecule has 3 aromatic rings. The summed E-state index contributed by atoms with van der Waals surface area (Å²) in [4.78, 5) is 13.5. The average molecular weight is 372 g/mol. The van der Waals surface area contributed by atoms with Gasteiger partial charge in [-0.1, -0.05) is 54.6 Å². The molecular weight excluding hydrogens is 352 g/mol. The summed E-state index contributed by atoms with van der Waals surface area (Å²) in [6.07, 6.45) is -0.845. The van der Waals surface area contributed by atoms with E-state index in [0.717, 1.165) is 16.9 Å². The van der Waals surface area contributed by atoms with Crippen molar-refractivity contribution in [2.45, 2.75) is 24.7 Å². The second-order valence-corrected chi connectivity index (χ2v) is 7.03. The van der Waals surface area contributed by atoms with Gasteiger partial charge in [-0.05, 0) is 42.3 Å². The lowest BCUT2D eigenvalue weighted by atomic mass is 9.81. The van der Waals surface area contributed by atoms with E-state index in [4.69, 9.17) is 14.2 Å². The quantitative estimate of drug-likeness (QED) is 0.611. The van der Waals surface area contributed by atoms with Crippen LogP contribution in [0.1, 0.15) is 40.6 Å². The zero-order valence-electron chi connectivity index (χ0n) is 15.5. The topological polar surface area (TPSA) is 48.1 Å². The molecule has 28 heavy (non-hydrogen) atoms. The Morgan fingerprint density at radius 2 is 1.54 bits per heavy atom. The molecule has 1 saturated heterocycles. The van der Waals surface area contributed by atoms with Gasteiger partial charge in [-0.2, -0.15) is 0 Å². The van der Waals surface area contributed by atoms with E-state index in [2.05, 4.69) is 0 Å². The fourth-order valence-electron chi connectivity index (χ4n) is 4.00. The third-order valence-corrected chi connectivity index (χ3v) is 5.36. The number of ketones is 1. The third kappa shape index (κ3) is 2.53. The van der Waals surface area contributed by atoms with Gasteiger partial charge < -0.3 is 14.2 Å². The largest absolute Gasteiger partial charge is 0.494 e. The second-order valence-electron chi connectivity index (χ2n) is 7.03. The molecule has 0 bridgehead atoms. The number of carbonyl (C=O) groups excluding carboxylic acids is 1. The van der Waals surface area contributed by atoms with Crippen LogP contribution in [0.15, 0.2) is 78.9 Å². The summed E-state index contributed by atoms with van der Waals surface area (Å²) < 4.78 is 18.0. The van der Waals surface area contributed by atoms with E-state index in [-0.39, 0.29) is 11.9 Å². The predicted octanol–water partition coefficient (Wildman–Crippen LogP) is 4.91. The predicted molar refractivity (Wildman–Crippen MR) is 105 cm³/mol. The zero-order valence-corrected chi connectivity index (χ0v) is 15.5. The maximum Gasteiger partial charge on any atom is 0.205 e. The monoisotopic (exact) mass is 372 g/mol. The SMILES string of the molecule is CCOc1ccc([C@@H]2O[C@@]23C(=O)c2ccccc2O[C@H]3c2ccccc2)cc1. The first kappa shape index (κ1) is 17.0. The fourth-order valence-corrected chi connectivity index (χ4v) is 4.00. The van der Waals surface area contributed by atoms with Crippen LogP contribution < -0.4 is 9.47 Å². The van der Waals surface area contributed by atoms with Crippen molar-refractivity contribution >= 4 is 5.78 Å². The van der Waals surface area contributed by atoms with Crippen LogP contribution in [0.5, 0.6) is 11.5 Å². The molecule has 0 aliphatic carbocycles. The fraction of sp³-hybridized carbons (Fsp3) is 0.208. The Hall–Kier alpha value is -3.11. The summed E-state index contributed by atoms with van der Waals surface area (Å²) in [5.74, 6) is 1.38. The molecule has 2 aliphatic rings. The molecule has 1 spiro atoms. The van der Waals surface area contributed by atoms with Gasteiger partial charge in [0.1, 0.15) is 17.6 Å². The number of ether oxygens (including phenoxy) is 3. The Bertz CT molecular complexity index is 1010. The molecule has 3 atom stereocenters. The van der Waals surface area contributed by atoms with Gasteiger partial charge in [-0.15, -0.1) is 0 Å². The summed E-state index contributed by atoms with van der Waals surface area (Å²) in [5.41, 5.74) is 1.41. The second kappa shape index (κ2) is 6.50. The lowest BCUT2D eigenvalue weighted by molar-refractivity contribution is 0.0523. The minimum atomic E-state index is -1.04. The number of para-hydroxylation sites is 1. The maximum absolute atomic E-state index is 13.5. The molecule has 0 radical (unpaired) electrons. The molecule has 4 nitrogen and oxygen atoms in total. The van der Waals surface area contributed by atoms with E-state index in [0.29, 0.717) is 17.9 Å². The molecule has 140 valence electrons. The van der Waals surface area contributed by atoms with E-state index in [1.54, 1.807) is 6.07 Å². The minimum Gasteiger partial charge on any atom is -0.494 e. The van der Waals surface area contributed by atoms with Crippen LogP contribution in [0, 0.1) is 0 Å². The van der Waals surface area contributed by atoms with Crippen molar-refractivity contribution in [2.75, 3.05) is 6.61 Å². The summed E-state index contributed by atoms with van der Waals surface area (Å²) in [6.45, 7) is 2.56. The Labute approximate surface area is 163 Å². The van der Waals surface area contributed by atoms with Gasteiger partial charge in [0, 0.05) is 0 Å². The molecule has 0 amide bonds. The molecule has 1 fully saturated rings. The van der Waals surface area contributed by atoms with Crippen molar-refractivity contribution in [1.82, 2.24) is 0 Å². The Morgan fingerprint density at radius 1 is 0.857 bits per heavy atom. The highest BCUT2D eigenvalue weighted by Crippen LogP contribution is 2.61. The van der Waals surface area contributed by atoms with Crippen molar-refractivity contribution < 1.29 is 19.0 Å². The number of carbonyl (C=O) groups is 1. The van der Waals surface area contributed by atoms with Crippen molar-refractivity contribution in [1.29, 1.82) is 0 Å². The van der Waals surface area contributed by atoms with Crippen LogP contribution in [-0.2, 0) is 4.74 Å². The van der Waals surface area contributed by atoms with Crippen molar-refractivity contribution in [3.05, 3.63) is 95.6 Å². The van der Waals surface area contributed by atoms with Gasteiger partial charge in [-0.3, -0.25) is 4.79 Å². The first-order valence-corrected chi connectivity index (χ1v) is 9.50. The Balaban J connectivity index is 1.57. The summed E-state index contributed by atoms with van der Waals surface area (Å²) >= 11 is 0. The van der Waals surface area contributed by atoms with E-state index >= 15 is 0 Å².